The predicted molar refractivity (Wildman–Crippen MR) is 63.1 cm³/mol. The molecule has 1 aliphatic carbocycles. The second-order valence-corrected chi connectivity index (χ2v) is 5.05. The quantitative estimate of drug-likeness (QED) is 0.827. The molecule has 1 aromatic rings. The molecule has 2 heteroatoms. The lowest BCUT2D eigenvalue weighted by atomic mass is 9.80. The third-order valence-electron chi connectivity index (χ3n) is 3.23. The van der Waals surface area contributed by atoms with Crippen LogP contribution in [0.5, 0.6) is 0 Å². The van der Waals surface area contributed by atoms with Gasteiger partial charge in [0.15, 0.2) is 0 Å². The largest absolute Gasteiger partial charge is 0.388 e. The van der Waals surface area contributed by atoms with Crippen molar-refractivity contribution >= 4 is 11.6 Å². The molecule has 1 unspecified atom stereocenters. The summed E-state index contributed by atoms with van der Waals surface area (Å²) in [5.74, 6) is 0.722. The summed E-state index contributed by atoms with van der Waals surface area (Å²) in [6.45, 7) is 2.01. The Morgan fingerprint density at radius 1 is 1.40 bits per heavy atom. The van der Waals surface area contributed by atoms with Gasteiger partial charge in [0.25, 0.3) is 0 Å². The predicted octanol–water partition coefficient (Wildman–Crippen LogP) is 3.87. The molecule has 82 valence electrons. The maximum absolute atomic E-state index is 10.0. The molecule has 1 atom stereocenters. The number of hydrogen-bond donors (Lipinski definition) is 1. The van der Waals surface area contributed by atoms with Crippen LogP contribution in [0.2, 0.25) is 5.02 Å². The van der Waals surface area contributed by atoms with Gasteiger partial charge in [-0.2, -0.15) is 0 Å². The molecule has 0 bridgehead atoms. The van der Waals surface area contributed by atoms with E-state index in [4.69, 9.17) is 11.6 Å². The Morgan fingerprint density at radius 2 is 2.13 bits per heavy atom. The van der Waals surface area contributed by atoms with Crippen molar-refractivity contribution in [2.75, 3.05) is 0 Å². The fraction of sp³-hybridized carbons (Fsp3) is 0.538. The van der Waals surface area contributed by atoms with Crippen LogP contribution in [0.15, 0.2) is 18.2 Å². The van der Waals surface area contributed by atoms with Crippen molar-refractivity contribution < 1.29 is 5.11 Å². The normalized spacial score (nSPS) is 18.6. The zero-order valence-electron chi connectivity index (χ0n) is 9.04. The smallest absolute Gasteiger partial charge is 0.0793 e. The molecule has 1 aliphatic rings. The van der Waals surface area contributed by atoms with Crippen molar-refractivity contribution in [2.24, 2.45) is 5.92 Å². The minimum atomic E-state index is -0.340. The van der Waals surface area contributed by atoms with Crippen molar-refractivity contribution in [3.8, 4) is 0 Å². The van der Waals surface area contributed by atoms with Crippen molar-refractivity contribution in [2.45, 2.75) is 38.7 Å². The van der Waals surface area contributed by atoms with E-state index in [0.29, 0.717) is 0 Å². The molecule has 0 aliphatic heterocycles. The zero-order chi connectivity index (χ0) is 10.8. The molecule has 1 fully saturated rings. The molecule has 15 heavy (non-hydrogen) atoms. The summed E-state index contributed by atoms with van der Waals surface area (Å²) in [6.07, 6.45) is 4.42. The van der Waals surface area contributed by atoms with Crippen LogP contribution in [0.3, 0.4) is 0 Å². The number of benzene rings is 1. The van der Waals surface area contributed by atoms with E-state index in [-0.39, 0.29) is 6.10 Å². The van der Waals surface area contributed by atoms with Gasteiger partial charge in [-0.25, -0.2) is 0 Å². The van der Waals surface area contributed by atoms with Crippen LogP contribution in [-0.2, 0) is 0 Å². The van der Waals surface area contributed by atoms with Crippen molar-refractivity contribution in [1.82, 2.24) is 0 Å². The van der Waals surface area contributed by atoms with E-state index < -0.39 is 0 Å². The van der Waals surface area contributed by atoms with Gasteiger partial charge in [-0.05, 0) is 42.5 Å². The van der Waals surface area contributed by atoms with E-state index in [0.717, 1.165) is 28.5 Å². The summed E-state index contributed by atoms with van der Waals surface area (Å²) in [6, 6.07) is 5.81. The first-order valence-corrected chi connectivity index (χ1v) is 5.98. The SMILES string of the molecule is Cc1cc(Cl)cc(C(O)CC2CCC2)c1. The van der Waals surface area contributed by atoms with Crippen LogP contribution in [0.1, 0.15) is 42.9 Å². The van der Waals surface area contributed by atoms with Gasteiger partial charge in [-0.1, -0.05) is 36.9 Å². The number of halogens is 1. The average Bonchev–Trinajstić information content (AvgIpc) is 2.09. The summed E-state index contributed by atoms with van der Waals surface area (Å²) < 4.78 is 0. The molecule has 0 amide bonds. The molecule has 2 rings (SSSR count). The molecular formula is C13H17ClO. The molecule has 0 saturated heterocycles. The molecule has 0 spiro atoms. The first kappa shape index (κ1) is 11.0. The summed E-state index contributed by atoms with van der Waals surface area (Å²) in [5.41, 5.74) is 2.08. The van der Waals surface area contributed by atoms with Crippen molar-refractivity contribution in [1.29, 1.82) is 0 Å². The highest BCUT2D eigenvalue weighted by molar-refractivity contribution is 6.30. The van der Waals surface area contributed by atoms with E-state index in [2.05, 4.69) is 0 Å². The third kappa shape index (κ3) is 2.73. The Labute approximate surface area is 96.1 Å². The lowest BCUT2D eigenvalue weighted by Crippen LogP contribution is -2.14. The lowest BCUT2D eigenvalue weighted by Gasteiger charge is -2.27. The lowest BCUT2D eigenvalue weighted by molar-refractivity contribution is 0.118. The van der Waals surface area contributed by atoms with E-state index in [1.54, 1.807) is 0 Å². The fourth-order valence-corrected chi connectivity index (χ4v) is 2.44. The van der Waals surface area contributed by atoms with E-state index in [1.165, 1.54) is 19.3 Å². The molecule has 1 saturated carbocycles. The number of aryl methyl sites for hydroxylation is 1. The first-order valence-electron chi connectivity index (χ1n) is 5.60. The summed E-state index contributed by atoms with van der Waals surface area (Å²) >= 11 is 5.97. The van der Waals surface area contributed by atoms with Gasteiger partial charge in [0.05, 0.1) is 6.10 Å². The van der Waals surface area contributed by atoms with Gasteiger partial charge in [-0.3, -0.25) is 0 Å². The van der Waals surface area contributed by atoms with Crippen LogP contribution in [0, 0.1) is 12.8 Å². The molecule has 0 radical (unpaired) electrons. The van der Waals surface area contributed by atoms with Gasteiger partial charge in [0.2, 0.25) is 0 Å². The Morgan fingerprint density at radius 3 is 2.67 bits per heavy atom. The van der Waals surface area contributed by atoms with E-state index in [9.17, 15) is 5.11 Å². The second-order valence-electron chi connectivity index (χ2n) is 4.61. The van der Waals surface area contributed by atoms with Crippen LogP contribution in [-0.4, -0.2) is 5.11 Å². The summed E-state index contributed by atoms with van der Waals surface area (Å²) in [5, 5.41) is 10.8. The zero-order valence-corrected chi connectivity index (χ0v) is 9.80. The monoisotopic (exact) mass is 224 g/mol. The maximum Gasteiger partial charge on any atom is 0.0793 e. The number of hydrogen-bond acceptors (Lipinski definition) is 1. The topological polar surface area (TPSA) is 20.2 Å². The Hall–Kier alpha value is -0.530. The molecular weight excluding hydrogens is 208 g/mol. The van der Waals surface area contributed by atoms with Gasteiger partial charge in [-0.15, -0.1) is 0 Å². The number of rotatable bonds is 3. The van der Waals surface area contributed by atoms with E-state index >= 15 is 0 Å². The van der Waals surface area contributed by atoms with Crippen LogP contribution in [0.25, 0.3) is 0 Å². The second kappa shape index (κ2) is 4.54. The highest BCUT2D eigenvalue weighted by Crippen LogP contribution is 2.35. The Kier molecular flexibility index (Phi) is 3.32. The van der Waals surface area contributed by atoms with Crippen LogP contribution in [0.4, 0.5) is 0 Å². The highest BCUT2D eigenvalue weighted by atomic mass is 35.5. The molecule has 0 aromatic heterocycles. The summed E-state index contributed by atoms with van der Waals surface area (Å²) in [7, 11) is 0. The molecule has 0 heterocycles. The summed E-state index contributed by atoms with van der Waals surface area (Å²) in [4.78, 5) is 0. The van der Waals surface area contributed by atoms with Crippen LogP contribution >= 0.6 is 11.6 Å². The number of aliphatic hydroxyl groups is 1. The fourth-order valence-electron chi connectivity index (χ4n) is 2.14. The molecule has 1 nitrogen and oxygen atoms in total. The van der Waals surface area contributed by atoms with E-state index in [1.807, 2.05) is 25.1 Å². The minimum Gasteiger partial charge on any atom is -0.388 e. The third-order valence-corrected chi connectivity index (χ3v) is 3.45. The average molecular weight is 225 g/mol. The van der Waals surface area contributed by atoms with Gasteiger partial charge in [0, 0.05) is 5.02 Å². The first-order chi connectivity index (χ1) is 7.15. The van der Waals surface area contributed by atoms with Gasteiger partial charge in [0.1, 0.15) is 0 Å². The van der Waals surface area contributed by atoms with Gasteiger partial charge >= 0.3 is 0 Å². The van der Waals surface area contributed by atoms with Crippen LogP contribution < -0.4 is 0 Å². The van der Waals surface area contributed by atoms with Crippen molar-refractivity contribution in [3.05, 3.63) is 34.3 Å². The number of aliphatic hydroxyl groups excluding tert-OH is 1. The highest BCUT2D eigenvalue weighted by Gasteiger charge is 2.21. The molecule has 1 N–H and O–H groups in total. The van der Waals surface area contributed by atoms with Crippen molar-refractivity contribution in [3.63, 3.8) is 0 Å². The maximum atomic E-state index is 10.0. The molecule has 1 aromatic carbocycles. The van der Waals surface area contributed by atoms with Gasteiger partial charge < -0.3 is 5.11 Å². The Balaban J connectivity index is 2.06. The standard InChI is InChI=1S/C13H17ClO/c1-9-5-11(8-12(14)6-9)13(15)7-10-3-2-4-10/h5-6,8,10,13,15H,2-4,7H2,1H3. The Bertz CT molecular complexity index is 324. The minimum absolute atomic E-state index is 0.340.